The van der Waals surface area contributed by atoms with Crippen LogP contribution < -0.4 is 14.5 Å². The highest BCUT2D eigenvalue weighted by Crippen LogP contribution is 2.23. The molecule has 1 saturated heterocycles. The standard InChI is InChI=1S/C18H24N4O2/c1-3-24-16-7-5-4-6-15(16)13-21(2)17-12-18(20-14-19-17)22-8-10-23-11-9-22/h4-7,12,14H,3,8-11,13H2,1-2H3. The van der Waals surface area contributed by atoms with Crippen molar-refractivity contribution in [1.82, 2.24) is 9.97 Å². The van der Waals surface area contributed by atoms with Crippen molar-refractivity contribution in [3.63, 3.8) is 0 Å². The smallest absolute Gasteiger partial charge is 0.134 e. The maximum Gasteiger partial charge on any atom is 0.134 e. The summed E-state index contributed by atoms with van der Waals surface area (Å²) in [5, 5.41) is 0. The molecule has 0 N–H and O–H groups in total. The summed E-state index contributed by atoms with van der Waals surface area (Å²) in [6, 6.07) is 10.2. The first kappa shape index (κ1) is 16.5. The van der Waals surface area contributed by atoms with E-state index in [0.29, 0.717) is 6.61 Å². The zero-order valence-electron chi connectivity index (χ0n) is 14.3. The fourth-order valence-corrected chi connectivity index (χ4v) is 2.78. The fraction of sp³-hybridized carbons (Fsp3) is 0.444. The van der Waals surface area contributed by atoms with Gasteiger partial charge in [0.2, 0.25) is 0 Å². The first-order valence-corrected chi connectivity index (χ1v) is 8.34. The van der Waals surface area contributed by atoms with E-state index in [4.69, 9.17) is 9.47 Å². The third kappa shape index (κ3) is 3.94. The molecule has 3 rings (SSSR count). The van der Waals surface area contributed by atoms with Gasteiger partial charge in [-0.3, -0.25) is 0 Å². The molecule has 2 aromatic rings. The van der Waals surface area contributed by atoms with E-state index in [9.17, 15) is 0 Å². The van der Waals surface area contributed by atoms with E-state index in [-0.39, 0.29) is 0 Å². The molecule has 1 aliphatic rings. The van der Waals surface area contributed by atoms with Gasteiger partial charge in [-0.15, -0.1) is 0 Å². The van der Waals surface area contributed by atoms with Crippen molar-refractivity contribution in [1.29, 1.82) is 0 Å². The summed E-state index contributed by atoms with van der Waals surface area (Å²) in [6.07, 6.45) is 1.63. The number of benzene rings is 1. The van der Waals surface area contributed by atoms with Gasteiger partial charge in [-0.05, 0) is 13.0 Å². The Hall–Kier alpha value is -2.34. The molecule has 24 heavy (non-hydrogen) atoms. The van der Waals surface area contributed by atoms with Crippen LogP contribution >= 0.6 is 0 Å². The lowest BCUT2D eigenvalue weighted by Gasteiger charge is -2.28. The normalized spacial score (nSPS) is 14.5. The lowest BCUT2D eigenvalue weighted by atomic mass is 10.2. The first-order chi connectivity index (χ1) is 11.8. The van der Waals surface area contributed by atoms with Gasteiger partial charge in [-0.1, -0.05) is 18.2 Å². The number of ether oxygens (including phenoxy) is 2. The van der Waals surface area contributed by atoms with E-state index < -0.39 is 0 Å². The Morgan fingerprint density at radius 3 is 2.79 bits per heavy atom. The molecule has 6 heteroatoms. The minimum atomic E-state index is 0.662. The molecule has 128 valence electrons. The minimum absolute atomic E-state index is 0.662. The summed E-state index contributed by atoms with van der Waals surface area (Å²) in [7, 11) is 2.04. The number of aromatic nitrogens is 2. The summed E-state index contributed by atoms with van der Waals surface area (Å²) < 4.78 is 11.1. The number of hydrogen-bond acceptors (Lipinski definition) is 6. The Labute approximate surface area is 143 Å². The molecular formula is C18H24N4O2. The van der Waals surface area contributed by atoms with E-state index in [1.807, 2.05) is 38.2 Å². The maximum atomic E-state index is 5.71. The van der Waals surface area contributed by atoms with Crippen LogP contribution in [0.1, 0.15) is 12.5 Å². The van der Waals surface area contributed by atoms with Crippen molar-refractivity contribution >= 4 is 11.6 Å². The Kier molecular flexibility index (Phi) is 5.48. The molecule has 0 saturated carbocycles. The quantitative estimate of drug-likeness (QED) is 0.811. The fourth-order valence-electron chi connectivity index (χ4n) is 2.78. The molecule has 1 aromatic heterocycles. The topological polar surface area (TPSA) is 50.7 Å². The van der Waals surface area contributed by atoms with Gasteiger partial charge in [-0.25, -0.2) is 9.97 Å². The lowest BCUT2D eigenvalue weighted by molar-refractivity contribution is 0.122. The molecular weight excluding hydrogens is 304 g/mol. The van der Waals surface area contributed by atoms with Gasteiger partial charge in [0.1, 0.15) is 23.7 Å². The van der Waals surface area contributed by atoms with Gasteiger partial charge in [0, 0.05) is 38.3 Å². The van der Waals surface area contributed by atoms with Gasteiger partial charge >= 0.3 is 0 Å². The van der Waals surface area contributed by atoms with Crippen LogP contribution in [0.5, 0.6) is 5.75 Å². The Balaban J connectivity index is 1.74. The van der Waals surface area contributed by atoms with Crippen LogP contribution in [0.4, 0.5) is 11.6 Å². The van der Waals surface area contributed by atoms with Crippen molar-refractivity contribution < 1.29 is 9.47 Å². The largest absolute Gasteiger partial charge is 0.494 e. The summed E-state index contributed by atoms with van der Waals surface area (Å²) >= 11 is 0. The molecule has 0 aliphatic carbocycles. The molecule has 0 radical (unpaired) electrons. The predicted octanol–water partition coefficient (Wildman–Crippen LogP) is 2.35. The number of nitrogens with zero attached hydrogens (tertiary/aromatic N) is 4. The molecule has 0 spiro atoms. The lowest BCUT2D eigenvalue weighted by Crippen LogP contribution is -2.36. The van der Waals surface area contributed by atoms with Crippen LogP contribution in [0.25, 0.3) is 0 Å². The Bertz CT molecular complexity index is 659. The second kappa shape index (κ2) is 7.97. The average molecular weight is 328 g/mol. The SMILES string of the molecule is CCOc1ccccc1CN(C)c1cc(N2CCOCC2)ncn1. The number of para-hydroxylation sites is 1. The van der Waals surface area contributed by atoms with Gasteiger partial charge in [0.25, 0.3) is 0 Å². The van der Waals surface area contributed by atoms with Crippen LogP contribution in [0.2, 0.25) is 0 Å². The summed E-state index contributed by atoms with van der Waals surface area (Å²) in [5.74, 6) is 2.78. The van der Waals surface area contributed by atoms with Crippen LogP contribution in [-0.4, -0.2) is 49.9 Å². The second-order valence-corrected chi connectivity index (χ2v) is 5.73. The molecule has 6 nitrogen and oxygen atoms in total. The maximum absolute atomic E-state index is 5.71. The van der Waals surface area contributed by atoms with Crippen LogP contribution in [-0.2, 0) is 11.3 Å². The molecule has 0 unspecified atom stereocenters. The number of hydrogen-bond donors (Lipinski definition) is 0. The molecule has 0 atom stereocenters. The van der Waals surface area contributed by atoms with Crippen molar-refractivity contribution in [3.8, 4) is 5.75 Å². The molecule has 0 amide bonds. The van der Waals surface area contributed by atoms with Crippen molar-refractivity contribution in [2.75, 3.05) is 49.8 Å². The van der Waals surface area contributed by atoms with Crippen LogP contribution in [0, 0.1) is 0 Å². The zero-order chi connectivity index (χ0) is 16.8. The Morgan fingerprint density at radius 1 is 1.21 bits per heavy atom. The average Bonchev–Trinajstić information content (AvgIpc) is 2.64. The highest BCUT2D eigenvalue weighted by molar-refractivity contribution is 5.50. The zero-order valence-corrected chi connectivity index (χ0v) is 14.3. The second-order valence-electron chi connectivity index (χ2n) is 5.73. The highest BCUT2D eigenvalue weighted by atomic mass is 16.5. The van der Waals surface area contributed by atoms with Crippen LogP contribution in [0.15, 0.2) is 36.7 Å². The van der Waals surface area contributed by atoms with Crippen LogP contribution in [0.3, 0.4) is 0 Å². The third-order valence-electron chi connectivity index (χ3n) is 4.04. The minimum Gasteiger partial charge on any atom is -0.494 e. The van der Waals surface area contributed by atoms with Gasteiger partial charge in [-0.2, -0.15) is 0 Å². The third-order valence-corrected chi connectivity index (χ3v) is 4.04. The summed E-state index contributed by atoms with van der Waals surface area (Å²) in [5.41, 5.74) is 1.15. The predicted molar refractivity (Wildman–Crippen MR) is 94.8 cm³/mol. The summed E-state index contributed by atoms with van der Waals surface area (Å²) in [6.45, 7) is 6.62. The molecule has 1 aromatic carbocycles. The number of anilines is 2. The van der Waals surface area contributed by atoms with Gasteiger partial charge < -0.3 is 19.3 Å². The van der Waals surface area contributed by atoms with Crippen molar-refractivity contribution in [2.24, 2.45) is 0 Å². The monoisotopic (exact) mass is 328 g/mol. The molecule has 2 heterocycles. The van der Waals surface area contributed by atoms with Gasteiger partial charge in [0.05, 0.1) is 19.8 Å². The summed E-state index contributed by atoms with van der Waals surface area (Å²) in [4.78, 5) is 13.2. The molecule has 1 aliphatic heterocycles. The number of morpholine rings is 1. The van der Waals surface area contributed by atoms with E-state index in [1.165, 1.54) is 0 Å². The van der Waals surface area contributed by atoms with Crippen molar-refractivity contribution in [3.05, 3.63) is 42.2 Å². The van der Waals surface area contributed by atoms with E-state index in [2.05, 4.69) is 25.8 Å². The number of rotatable bonds is 6. The van der Waals surface area contributed by atoms with Gasteiger partial charge in [0.15, 0.2) is 0 Å². The molecule has 0 bridgehead atoms. The van der Waals surface area contributed by atoms with E-state index in [1.54, 1.807) is 6.33 Å². The van der Waals surface area contributed by atoms with Crippen molar-refractivity contribution in [2.45, 2.75) is 13.5 Å². The van der Waals surface area contributed by atoms with E-state index >= 15 is 0 Å². The highest BCUT2D eigenvalue weighted by Gasteiger charge is 2.15. The molecule has 1 fully saturated rings. The van der Waals surface area contributed by atoms with E-state index in [0.717, 1.165) is 55.8 Å². The Morgan fingerprint density at radius 2 is 2.00 bits per heavy atom. The first-order valence-electron chi connectivity index (χ1n) is 8.34.